The monoisotopic (exact) mass is 300 g/mol. The number of carbonyl (C=O) groups is 2. The van der Waals surface area contributed by atoms with E-state index in [0.717, 1.165) is 19.3 Å². The van der Waals surface area contributed by atoms with Gasteiger partial charge in [0.1, 0.15) is 6.04 Å². The topological polar surface area (TPSA) is 69.6 Å². The molecule has 114 valence electrons. The quantitative estimate of drug-likeness (QED) is 0.822. The molecule has 2 amide bonds. The number of aliphatic carboxylic acids is 1. The Morgan fingerprint density at radius 3 is 2.65 bits per heavy atom. The van der Waals surface area contributed by atoms with Gasteiger partial charge in [0.15, 0.2) is 0 Å². The number of carbonyl (C=O) groups excluding carboxylic acids is 1. The summed E-state index contributed by atoms with van der Waals surface area (Å²) in [7, 11) is 0. The second-order valence-corrected chi connectivity index (χ2v) is 7.78. The molecule has 3 atom stereocenters. The third kappa shape index (κ3) is 3.05. The van der Waals surface area contributed by atoms with Crippen molar-refractivity contribution in [3.05, 3.63) is 0 Å². The lowest BCUT2D eigenvalue weighted by Gasteiger charge is -2.40. The van der Waals surface area contributed by atoms with Crippen molar-refractivity contribution >= 4 is 23.8 Å². The maximum atomic E-state index is 12.5. The minimum Gasteiger partial charge on any atom is -0.480 e. The van der Waals surface area contributed by atoms with Crippen molar-refractivity contribution in [1.29, 1.82) is 0 Å². The number of thioether (sulfide) groups is 1. The molecule has 0 aromatic rings. The number of urea groups is 1. The molecule has 1 aliphatic heterocycles. The van der Waals surface area contributed by atoms with E-state index in [1.807, 2.05) is 6.92 Å². The second kappa shape index (κ2) is 5.84. The summed E-state index contributed by atoms with van der Waals surface area (Å²) in [5.74, 6) is -0.447. The van der Waals surface area contributed by atoms with Crippen LogP contribution in [-0.4, -0.2) is 45.2 Å². The summed E-state index contributed by atoms with van der Waals surface area (Å²) >= 11 is 1.52. The van der Waals surface area contributed by atoms with Crippen LogP contribution in [0.25, 0.3) is 0 Å². The Balaban J connectivity index is 2.05. The first-order chi connectivity index (χ1) is 9.33. The zero-order chi connectivity index (χ0) is 14.9. The predicted octanol–water partition coefficient (Wildman–Crippen LogP) is 2.51. The molecule has 0 spiro atoms. The fraction of sp³-hybridized carbons (Fsp3) is 0.857. The van der Waals surface area contributed by atoms with Crippen LogP contribution in [0.2, 0.25) is 0 Å². The molecule has 3 unspecified atom stereocenters. The van der Waals surface area contributed by atoms with Crippen LogP contribution in [0.3, 0.4) is 0 Å². The van der Waals surface area contributed by atoms with Crippen molar-refractivity contribution in [3.8, 4) is 0 Å². The van der Waals surface area contributed by atoms with Crippen LogP contribution >= 0.6 is 11.8 Å². The lowest BCUT2D eigenvalue weighted by Crippen LogP contribution is -2.55. The summed E-state index contributed by atoms with van der Waals surface area (Å²) in [4.78, 5) is 25.2. The molecule has 5 nitrogen and oxygen atoms in total. The van der Waals surface area contributed by atoms with E-state index >= 15 is 0 Å². The summed E-state index contributed by atoms with van der Waals surface area (Å²) in [6, 6.07) is -0.799. The van der Waals surface area contributed by atoms with Crippen molar-refractivity contribution in [2.45, 2.75) is 63.9 Å². The smallest absolute Gasteiger partial charge is 0.327 e. The average molecular weight is 300 g/mol. The fourth-order valence-corrected chi connectivity index (χ4v) is 4.29. The van der Waals surface area contributed by atoms with Gasteiger partial charge in [-0.25, -0.2) is 9.59 Å². The van der Waals surface area contributed by atoms with Gasteiger partial charge in [-0.1, -0.05) is 26.7 Å². The van der Waals surface area contributed by atoms with Gasteiger partial charge in [0.05, 0.1) is 5.37 Å². The second-order valence-electron chi connectivity index (χ2n) is 6.43. The summed E-state index contributed by atoms with van der Waals surface area (Å²) in [5.41, 5.74) is 0.0860. The Morgan fingerprint density at radius 2 is 2.05 bits per heavy atom. The zero-order valence-electron chi connectivity index (χ0n) is 12.4. The number of hydrogen-bond acceptors (Lipinski definition) is 3. The molecule has 2 N–H and O–H groups in total. The Bertz CT molecular complexity index is 400. The molecule has 1 saturated carbocycles. The minimum atomic E-state index is -0.917. The Hall–Kier alpha value is -0.910. The van der Waals surface area contributed by atoms with Gasteiger partial charge in [0.2, 0.25) is 0 Å². The maximum Gasteiger partial charge on any atom is 0.327 e. The number of amides is 2. The van der Waals surface area contributed by atoms with E-state index < -0.39 is 12.0 Å². The third-order valence-electron chi connectivity index (χ3n) is 4.55. The molecule has 2 fully saturated rings. The Labute approximate surface area is 124 Å². The highest BCUT2D eigenvalue weighted by Crippen LogP contribution is 2.36. The number of nitrogens with zero attached hydrogens (tertiary/aromatic N) is 1. The summed E-state index contributed by atoms with van der Waals surface area (Å²) in [6.45, 7) is 6.24. The van der Waals surface area contributed by atoms with Crippen LogP contribution < -0.4 is 5.32 Å². The number of carboxylic acids is 1. The van der Waals surface area contributed by atoms with Gasteiger partial charge >= 0.3 is 12.0 Å². The highest BCUT2D eigenvalue weighted by molar-refractivity contribution is 8.00. The molecule has 0 radical (unpaired) electrons. The first-order valence-electron chi connectivity index (χ1n) is 7.26. The molecule has 0 aromatic carbocycles. The molecule has 6 heteroatoms. The van der Waals surface area contributed by atoms with Crippen LogP contribution in [-0.2, 0) is 4.79 Å². The predicted molar refractivity (Wildman–Crippen MR) is 79.8 cm³/mol. The Kier molecular flexibility index (Phi) is 4.52. The van der Waals surface area contributed by atoms with Gasteiger partial charge in [0.25, 0.3) is 0 Å². The van der Waals surface area contributed by atoms with Crippen LogP contribution in [0, 0.1) is 5.41 Å². The minimum absolute atomic E-state index is 0.0807. The van der Waals surface area contributed by atoms with E-state index in [9.17, 15) is 14.7 Å². The largest absolute Gasteiger partial charge is 0.480 e. The Morgan fingerprint density at radius 1 is 1.35 bits per heavy atom. The summed E-state index contributed by atoms with van der Waals surface area (Å²) in [6.07, 6.45) is 4.41. The first-order valence-corrected chi connectivity index (χ1v) is 8.31. The molecule has 1 aliphatic carbocycles. The lowest BCUT2D eigenvalue weighted by molar-refractivity contribution is -0.141. The van der Waals surface area contributed by atoms with Gasteiger partial charge in [-0.3, -0.25) is 4.90 Å². The van der Waals surface area contributed by atoms with E-state index in [2.05, 4.69) is 19.2 Å². The first kappa shape index (κ1) is 15.5. The van der Waals surface area contributed by atoms with Crippen molar-refractivity contribution < 1.29 is 14.7 Å². The molecule has 2 aliphatic rings. The number of rotatable bonds is 2. The third-order valence-corrected chi connectivity index (χ3v) is 5.77. The molecular formula is C14H24N2O3S. The summed E-state index contributed by atoms with van der Waals surface area (Å²) < 4.78 is 0. The van der Waals surface area contributed by atoms with Gasteiger partial charge in [-0.15, -0.1) is 11.8 Å². The van der Waals surface area contributed by atoms with Crippen LogP contribution in [0.5, 0.6) is 0 Å². The fourth-order valence-electron chi connectivity index (χ4n) is 3.13. The van der Waals surface area contributed by atoms with Gasteiger partial charge in [-0.2, -0.15) is 0 Å². The van der Waals surface area contributed by atoms with Gasteiger partial charge in [0, 0.05) is 11.8 Å². The van der Waals surface area contributed by atoms with Crippen LogP contribution in [0.15, 0.2) is 0 Å². The molecular weight excluding hydrogens is 276 g/mol. The van der Waals surface area contributed by atoms with Gasteiger partial charge < -0.3 is 10.4 Å². The van der Waals surface area contributed by atoms with Gasteiger partial charge in [-0.05, 0) is 25.2 Å². The van der Waals surface area contributed by atoms with E-state index in [4.69, 9.17) is 0 Å². The number of nitrogens with one attached hydrogen (secondary N) is 1. The lowest BCUT2D eigenvalue weighted by atomic mass is 9.73. The highest BCUT2D eigenvalue weighted by Gasteiger charge is 2.41. The van der Waals surface area contributed by atoms with E-state index in [1.54, 1.807) is 0 Å². The molecule has 20 heavy (non-hydrogen) atoms. The molecule has 1 saturated heterocycles. The van der Waals surface area contributed by atoms with Crippen LogP contribution in [0.1, 0.15) is 46.5 Å². The van der Waals surface area contributed by atoms with E-state index in [0.29, 0.717) is 5.75 Å². The SMILES string of the molecule is CC1SCC(C(=O)O)N1C(=O)NC1CCCCC1(C)C. The van der Waals surface area contributed by atoms with E-state index in [-0.39, 0.29) is 22.9 Å². The van der Waals surface area contributed by atoms with Crippen molar-refractivity contribution in [3.63, 3.8) is 0 Å². The summed E-state index contributed by atoms with van der Waals surface area (Å²) in [5, 5.41) is 12.2. The molecule has 1 heterocycles. The average Bonchev–Trinajstić information content (AvgIpc) is 2.74. The van der Waals surface area contributed by atoms with Crippen LogP contribution in [0.4, 0.5) is 4.79 Å². The standard InChI is InChI=1S/C14H24N2O3S/c1-9-16(10(8-20-9)12(17)18)13(19)15-11-6-4-5-7-14(11,2)3/h9-11H,4-8H2,1-3H3,(H,15,19)(H,17,18). The van der Waals surface area contributed by atoms with Crippen molar-refractivity contribution in [2.24, 2.45) is 5.41 Å². The molecule has 0 bridgehead atoms. The molecule has 2 rings (SSSR count). The number of carboxylic acid groups (broad SMARTS) is 1. The van der Waals surface area contributed by atoms with E-state index in [1.165, 1.54) is 23.1 Å². The van der Waals surface area contributed by atoms with Crippen molar-refractivity contribution in [1.82, 2.24) is 10.2 Å². The maximum absolute atomic E-state index is 12.5. The zero-order valence-corrected chi connectivity index (χ0v) is 13.2. The van der Waals surface area contributed by atoms with Crippen molar-refractivity contribution in [2.75, 3.05) is 5.75 Å². The normalized spacial score (nSPS) is 33.0. The highest BCUT2D eigenvalue weighted by atomic mass is 32.2. The molecule has 0 aromatic heterocycles. The number of hydrogen-bond donors (Lipinski definition) is 2.